The number of nitrogens with one attached hydrogen (secondary N) is 10. The lowest BCUT2D eigenvalue weighted by Gasteiger charge is -2.26. The van der Waals surface area contributed by atoms with Crippen molar-refractivity contribution in [1.82, 2.24) is 62.1 Å². The Balaban J connectivity index is 0.843. The summed E-state index contributed by atoms with van der Waals surface area (Å²) in [6, 6.07) is -0.0408. The zero-order valence-corrected chi connectivity index (χ0v) is 48.9. The maximum atomic E-state index is 14.2. The minimum atomic E-state index is -0.939. The standard InChI is InChI=1S/C56H76N16O16/c1-29(51(57)83)67-55(87)35-9-5-21-71(35)43(79)27-63-39(75)23-65-53(85)33-7-3-19-69(33)41(77)25-59-15-17-61-31-11-12-32(46-45(31)49(81)47-37(73)13-14-38(74)48(47)50(46)82)62-18-16-60-26-42(78)70-20-4-8-34(70)54(86)66-24-40(76)64-28-44(80)72-22-6-10-36(72)56(88)68-30(2)52(58)84/h11-14,29-30,33-36,59-62,73-74H,3-10,15-28H2,1-2H3,(H2,57,83)(H2,58,84)(H,63,75)(H,64,76)(H,65,85)(H,66,86)(H,67,87)(H,68,88)/t29-,30-,33-,34-,35-,36-/m0/s1. The average molecular weight is 1230 g/mol. The van der Waals surface area contributed by atoms with E-state index in [-0.39, 0.29) is 87.9 Å². The molecule has 12 amide bonds. The van der Waals surface area contributed by atoms with Crippen LogP contribution in [0.2, 0.25) is 0 Å². The summed E-state index contributed by atoms with van der Waals surface area (Å²) in [5.41, 5.74) is 9.85. The molecule has 32 nitrogen and oxygen atoms in total. The van der Waals surface area contributed by atoms with Crippen molar-refractivity contribution in [1.29, 1.82) is 0 Å². The molecule has 2 aromatic carbocycles. The van der Waals surface area contributed by atoms with Crippen LogP contribution in [0.1, 0.15) is 97.1 Å². The zero-order chi connectivity index (χ0) is 63.9. The highest BCUT2D eigenvalue weighted by atomic mass is 16.3. The molecule has 0 bridgehead atoms. The molecule has 0 radical (unpaired) electrons. The Labute approximate surface area is 505 Å². The van der Waals surface area contributed by atoms with Crippen LogP contribution in [0.25, 0.3) is 0 Å². The number of hydrogen-bond acceptors (Lipinski definition) is 20. The van der Waals surface area contributed by atoms with Gasteiger partial charge in [0.15, 0.2) is 0 Å². The summed E-state index contributed by atoms with van der Waals surface area (Å²) < 4.78 is 0. The number of ketones is 2. The second kappa shape index (κ2) is 30.3. The molecule has 0 unspecified atom stereocenters. The number of hydrogen-bond donors (Lipinski definition) is 14. The van der Waals surface area contributed by atoms with Crippen molar-refractivity contribution in [2.75, 3.05) is 102 Å². The normalized spacial score (nSPS) is 19.2. The Morgan fingerprint density at radius 1 is 0.443 bits per heavy atom. The van der Waals surface area contributed by atoms with E-state index in [0.717, 1.165) is 12.1 Å². The molecule has 6 atom stereocenters. The molecule has 5 aliphatic rings. The fourth-order valence-corrected chi connectivity index (χ4v) is 11.2. The SMILES string of the molecule is C[C@H](NC(=O)[C@@H]1CCCN1C(=O)CNC(=O)CNC(=O)[C@@H]1CCCN1C(=O)CNCCNc1ccc(NCCNCC(=O)N2CCC[C@H]2C(=O)NCC(=O)NCC(=O)N2CCC[C@H]2C(=O)N[C@@H](C)C(N)=O)c2c1C(=O)c1c(O)ccc(O)c1C2=O)C(N)=O. The average Bonchev–Trinajstić information content (AvgIpc) is 2.51. The first-order chi connectivity index (χ1) is 42.0. The minimum absolute atomic E-state index is 0.105. The fourth-order valence-electron chi connectivity index (χ4n) is 11.2. The zero-order valence-electron chi connectivity index (χ0n) is 48.9. The Morgan fingerprint density at radius 2 is 0.761 bits per heavy atom. The van der Waals surface area contributed by atoms with E-state index < -0.39 is 168 Å². The number of nitrogens with zero attached hydrogens (tertiary/aromatic N) is 4. The highest BCUT2D eigenvalue weighted by Crippen LogP contribution is 2.42. The van der Waals surface area contributed by atoms with Gasteiger partial charge in [0.05, 0.1) is 61.5 Å². The van der Waals surface area contributed by atoms with Crippen LogP contribution < -0.4 is 64.6 Å². The molecule has 0 aromatic heterocycles. The number of anilines is 2. The number of nitrogens with two attached hydrogens (primary N) is 2. The van der Waals surface area contributed by atoms with Gasteiger partial charge in [-0.3, -0.25) is 67.1 Å². The molecular weight excluding hydrogens is 1150 g/mol. The number of phenols is 2. The third-order valence-electron chi connectivity index (χ3n) is 15.9. The van der Waals surface area contributed by atoms with Gasteiger partial charge in [-0.15, -0.1) is 0 Å². The van der Waals surface area contributed by atoms with Crippen molar-refractivity contribution in [3.05, 3.63) is 46.5 Å². The van der Waals surface area contributed by atoms with Gasteiger partial charge >= 0.3 is 0 Å². The number of carbonyl (C=O) groups excluding carboxylic acids is 14. The number of aromatic hydroxyl groups is 2. The number of rotatable bonds is 28. The Morgan fingerprint density at radius 3 is 1.09 bits per heavy atom. The van der Waals surface area contributed by atoms with E-state index in [1.807, 2.05) is 0 Å². The van der Waals surface area contributed by atoms with E-state index in [4.69, 9.17) is 11.5 Å². The third kappa shape index (κ3) is 16.1. The number of amides is 12. The molecule has 32 heteroatoms. The number of fused-ring (bicyclic) bond motifs is 2. The number of likely N-dealkylation sites (tertiary alicyclic amines) is 4. The molecular formula is C56H76N16O16. The number of phenolic OH excluding ortho intramolecular Hbond substituents is 2. The lowest BCUT2D eigenvalue weighted by Crippen LogP contribution is -2.53. The molecule has 4 fully saturated rings. The molecule has 4 saturated heterocycles. The summed E-state index contributed by atoms with van der Waals surface area (Å²) in [5.74, 6) is -9.51. The Hall–Kier alpha value is -9.46. The monoisotopic (exact) mass is 1230 g/mol. The van der Waals surface area contributed by atoms with Crippen molar-refractivity contribution in [2.24, 2.45) is 11.5 Å². The maximum absolute atomic E-state index is 14.2. The summed E-state index contributed by atoms with van der Waals surface area (Å²) in [5, 5.41) is 48.6. The van der Waals surface area contributed by atoms with Crippen LogP contribution >= 0.6 is 0 Å². The third-order valence-corrected chi connectivity index (χ3v) is 15.9. The first kappa shape index (κ1) is 66.1. The van der Waals surface area contributed by atoms with E-state index >= 15 is 0 Å². The van der Waals surface area contributed by atoms with Crippen molar-refractivity contribution >= 4 is 93.8 Å². The summed E-state index contributed by atoms with van der Waals surface area (Å²) in [4.78, 5) is 186. The first-order valence-electron chi connectivity index (χ1n) is 29.1. The minimum Gasteiger partial charge on any atom is -0.507 e. The van der Waals surface area contributed by atoms with Crippen LogP contribution in [0, 0.1) is 0 Å². The highest BCUT2D eigenvalue weighted by molar-refractivity contribution is 6.33. The molecule has 1 aliphatic carbocycles. The van der Waals surface area contributed by atoms with E-state index in [9.17, 15) is 77.3 Å². The van der Waals surface area contributed by atoms with Gasteiger partial charge in [-0.05, 0) is 89.5 Å². The van der Waals surface area contributed by atoms with Gasteiger partial charge in [-0.25, -0.2) is 0 Å². The van der Waals surface area contributed by atoms with Crippen molar-refractivity contribution in [2.45, 2.75) is 101 Å². The molecule has 88 heavy (non-hydrogen) atoms. The maximum Gasteiger partial charge on any atom is 0.243 e. The molecule has 4 aliphatic heterocycles. The van der Waals surface area contributed by atoms with Crippen molar-refractivity contribution in [3.63, 3.8) is 0 Å². The molecule has 476 valence electrons. The molecule has 0 spiro atoms. The molecule has 7 rings (SSSR count). The molecule has 0 saturated carbocycles. The van der Waals surface area contributed by atoms with Gasteiger partial charge in [-0.1, -0.05) is 0 Å². The van der Waals surface area contributed by atoms with Crippen LogP contribution in [0.15, 0.2) is 24.3 Å². The van der Waals surface area contributed by atoms with E-state index in [1.54, 1.807) is 0 Å². The second-order valence-corrected chi connectivity index (χ2v) is 21.9. The van der Waals surface area contributed by atoms with Gasteiger partial charge < -0.3 is 94.4 Å². The summed E-state index contributed by atoms with van der Waals surface area (Å²) in [6.07, 6.45) is 3.49. The number of benzene rings is 2. The predicted molar refractivity (Wildman–Crippen MR) is 310 cm³/mol. The van der Waals surface area contributed by atoms with Crippen LogP contribution in [0.5, 0.6) is 11.5 Å². The van der Waals surface area contributed by atoms with Gasteiger partial charge in [-0.2, -0.15) is 0 Å². The van der Waals surface area contributed by atoms with Crippen molar-refractivity contribution < 1.29 is 77.3 Å². The summed E-state index contributed by atoms with van der Waals surface area (Å²) in [6.45, 7) is 2.16. The van der Waals surface area contributed by atoms with Crippen LogP contribution in [-0.2, 0) is 57.5 Å². The van der Waals surface area contributed by atoms with Crippen LogP contribution in [0.4, 0.5) is 11.4 Å². The first-order valence-corrected chi connectivity index (χ1v) is 29.1. The van der Waals surface area contributed by atoms with Crippen molar-refractivity contribution in [3.8, 4) is 11.5 Å². The number of primary amides is 2. The van der Waals surface area contributed by atoms with E-state index in [1.165, 1.54) is 45.6 Å². The van der Waals surface area contributed by atoms with E-state index in [2.05, 4.69) is 53.2 Å². The predicted octanol–water partition coefficient (Wildman–Crippen LogP) is -5.72. The lowest BCUT2D eigenvalue weighted by molar-refractivity contribution is -0.139. The van der Waals surface area contributed by atoms with Gasteiger partial charge in [0.1, 0.15) is 47.8 Å². The highest BCUT2D eigenvalue weighted by Gasteiger charge is 2.41. The van der Waals surface area contributed by atoms with Crippen LogP contribution in [0.3, 0.4) is 0 Å². The molecule has 4 heterocycles. The Bertz CT molecular complexity index is 2900. The smallest absolute Gasteiger partial charge is 0.243 e. The number of carbonyl (C=O) groups is 14. The Kier molecular flexibility index (Phi) is 22.7. The van der Waals surface area contributed by atoms with Gasteiger partial charge in [0.2, 0.25) is 82.5 Å². The van der Waals surface area contributed by atoms with E-state index in [0.29, 0.717) is 51.4 Å². The largest absolute Gasteiger partial charge is 0.507 e. The van der Waals surface area contributed by atoms with Gasteiger partial charge in [0, 0.05) is 63.7 Å². The lowest BCUT2D eigenvalue weighted by atomic mass is 9.81. The summed E-state index contributed by atoms with van der Waals surface area (Å²) >= 11 is 0. The van der Waals surface area contributed by atoms with Gasteiger partial charge in [0.25, 0.3) is 0 Å². The second-order valence-electron chi connectivity index (χ2n) is 21.9. The quantitative estimate of drug-likeness (QED) is 0.0238. The summed E-state index contributed by atoms with van der Waals surface area (Å²) in [7, 11) is 0. The fraction of sp³-hybridized carbons (Fsp3) is 0.536. The van der Waals surface area contributed by atoms with Crippen LogP contribution in [-0.4, -0.2) is 240 Å². The topological polar surface area (TPSA) is 465 Å². The molecule has 2 aromatic rings. The molecule has 16 N–H and O–H groups in total.